The van der Waals surface area contributed by atoms with Gasteiger partial charge in [-0.1, -0.05) is 0 Å². The zero-order valence-corrected chi connectivity index (χ0v) is 5.60. The zero-order valence-electron chi connectivity index (χ0n) is 5.60. The molecule has 0 spiro atoms. The Balaban J connectivity index is 3.20. The SMILES string of the molecule is F[C]1C(F)(F)C(F)C(F)(F)C1(F)F. The Morgan fingerprint density at radius 1 is 0.923 bits per heavy atom. The van der Waals surface area contributed by atoms with Crippen LogP contribution >= 0.6 is 0 Å². The van der Waals surface area contributed by atoms with E-state index in [9.17, 15) is 35.1 Å². The third kappa shape index (κ3) is 0.969. The highest BCUT2D eigenvalue weighted by Gasteiger charge is 2.86. The second-order valence-corrected chi connectivity index (χ2v) is 2.50. The van der Waals surface area contributed by atoms with Crippen molar-refractivity contribution < 1.29 is 35.1 Å². The van der Waals surface area contributed by atoms with Crippen LogP contribution in [-0.4, -0.2) is 23.9 Å². The molecular weight excluding hydrogens is 212 g/mol. The van der Waals surface area contributed by atoms with Gasteiger partial charge in [0.2, 0.25) is 6.17 Å². The highest BCUT2D eigenvalue weighted by Crippen LogP contribution is 2.61. The molecule has 13 heavy (non-hydrogen) atoms. The molecule has 0 amide bonds. The molecule has 1 fully saturated rings. The molecule has 1 rings (SSSR count). The molecule has 1 radical (unpaired) electrons. The van der Waals surface area contributed by atoms with Crippen LogP contribution in [0.25, 0.3) is 0 Å². The first kappa shape index (κ1) is 10.5. The van der Waals surface area contributed by atoms with Crippen molar-refractivity contribution in [1.82, 2.24) is 0 Å². The number of halogens is 8. The minimum absolute atomic E-state index is 3.63. The first-order chi connectivity index (χ1) is 5.56. The number of hydrogen-bond donors (Lipinski definition) is 0. The van der Waals surface area contributed by atoms with E-state index >= 15 is 0 Å². The predicted octanol–water partition coefficient (Wildman–Crippen LogP) is 2.75. The van der Waals surface area contributed by atoms with E-state index in [1.165, 1.54) is 0 Å². The van der Waals surface area contributed by atoms with Gasteiger partial charge >= 0.3 is 17.8 Å². The number of hydrogen-bond acceptors (Lipinski definition) is 0. The summed E-state index contributed by atoms with van der Waals surface area (Å²) in [7, 11) is 0. The fraction of sp³-hybridized carbons (Fsp3) is 0.800. The molecule has 1 aliphatic carbocycles. The van der Waals surface area contributed by atoms with Crippen molar-refractivity contribution in [2.75, 3.05) is 0 Å². The maximum absolute atomic E-state index is 12.0. The summed E-state index contributed by atoms with van der Waals surface area (Å²) < 4.78 is 95.8. The molecule has 8 heteroatoms. The largest absolute Gasteiger partial charge is 0.356 e. The Kier molecular flexibility index (Phi) is 1.84. The molecule has 1 saturated carbocycles. The Morgan fingerprint density at radius 3 is 1.38 bits per heavy atom. The summed E-state index contributed by atoms with van der Waals surface area (Å²) >= 11 is 0. The highest BCUT2D eigenvalue weighted by atomic mass is 19.3. The lowest BCUT2D eigenvalue weighted by Gasteiger charge is -2.18. The minimum atomic E-state index is -5.75. The van der Waals surface area contributed by atoms with Gasteiger partial charge in [0.05, 0.1) is 0 Å². The van der Waals surface area contributed by atoms with Gasteiger partial charge in [0.15, 0.2) is 0 Å². The monoisotopic (exact) mass is 213 g/mol. The molecule has 0 heterocycles. The normalized spacial score (nSPS) is 36.5. The van der Waals surface area contributed by atoms with Crippen LogP contribution in [0.4, 0.5) is 35.1 Å². The van der Waals surface area contributed by atoms with Gasteiger partial charge in [0, 0.05) is 0 Å². The van der Waals surface area contributed by atoms with Crippen molar-refractivity contribution >= 4 is 0 Å². The van der Waals surface area contributed by atoms with Crippen LogP contribution < -0.4 is 0 Å². The van der Waals surface area contributed by atoms with Crippen molar-refractivity contribution in [3.8, 4) is 0 Å². The molecule has 0 bridgehead atoms. The molecule has 77 valence electrons. The molecular formula is C5HF8. The summed E-state index contributed by atoms with van der Waals surface area (Å²) in [6.07, 6.45) is -8.16. The lowest BCUT2D eigenvalue weighted by Crippen LogP contribution is -2.42. The summed E-state index contributed by atoms with van der Waals surface area (Å²) in [5, 5.41) is 0. The Morgan fingerprint density at radius 2 is 1.31 bits per heavy atom. The Labute approximate surface area is 66.5 Å². The van der Waals surface area contributed by atoms with Crippen LogP contribution in [0.5, 0.6) is 0 Å². The van der Waals surface area contributed by atoms with Crippen LogP contribution in [0.3, 0.4) is 0 Å². The lowest BCUT2D eigenvalue weighted by molar-refractivity contribution is -0.211. The van der Waals surface area contributed by atoms with E-state index in [0.29, 0.717) is 0 Å². The van der Waals surface area contributed by atoms with Gasteiger partial charge in [0.1, 0.15) is 0 Å². The van der Waals surface area contributed by atoms with E-state index in [1.54, 1.807) is 0 Å². The topological polar surface area (TPSA) is 0 Å². The number of alkyl halides is 7. The second kappa shape index (κ2) is 2.27. The predicted molar refractivity (Wildman–Crippen MR) is 24.1 cm³/mol. The zero-order chi connectivity index (χ0) is 10.7. The molecule has 0 aromatic rings. The van der Waals surface area contributed by atoms with Gasteiger partial charge in [-0.25, -0.2) is 8.78 Å². The first-order valence-electron chi connectivity index (χ1n) is 2.87. The second-order valence-electron chi connectivity index (χ2n) is 2.50. The first-order valence-corrected chi connectivity index (χ1v) is 2.87. The van der Waals surface area contributed by atoms with E-state index in [4.69, 9.17) is 0 Å². The summed E-state index contributed by atoms with van der Waals surface area (Å²) in [6.45, 7) is 0. The van der Waals surface area contributed by atoms with Gasteiger partial charge in [-0.3, -0.25) is 0 Å². The van der Waals surface area contributed by atoms with Crippen molar-refractivity contribution in [1.29, 1.82) is 0 Å². The van der Waals surface area contributed by atoms with E-state index in [-0.39, 0.29) is 0 Å². The number of rotatable bonds is 0. The average molecular weight is 213 g/mol. The average Bonchev–Trinajstić information content (AvgIpc) is 2.05. The smallest absolute Gasteiger partial charge is 0.234 e. The lowest BCUT2D eigenvalue weighted by atomic mass is 10.2. The van der Waals surface area contributed by atoms with E-state index in [2.05, 4.69) is 0 Å². The maximum atomic E-state index is 12.0. The van der Waals surface area contributed by atoms with Crippen molar-refractivity contribution in [3.05, 3.63) is 6.17 Å². The molecule has 1 unspecified atom stereocenters. The fourth-order valence-corrected chi connectivity index (χ4v) is 0.854. The van der Waals surface area contributed by atoms with Gasteiger partial charge in [-0.2, -0.15) is 26.3 Å². The molecule has 0 aromatic heterocycles. The minimum Gasteiger partial charge on any atom is -0.234 e. The van der Waals surface area contributed by atoms with Crippen LogP contribution in [0.15, 0.2) is 0 Å². The van der Waals surface area contributed by atoms with Crippen LogP contribution in [-0.2, 0) is 0 Å². The fourth-order valence-electron chi connectivity index (χ4n) is 0.854. The van der Waals surface area contributed by atoms with E-state index in [0.717, 1.165) is 0 Å². The standard InChI is InChI=1S/C5HF8/c6-1-3(8,9)2(7)5(12,13)4(1,10)11/h1H. The van der Waals surface area contributed by atoms with Gasteiger partial charge in [0.25, 0.3) is 6.17 Å². The van der Waals surface area contributed by atoms with E-state index < -0.39 is 30.1 Å². The Bertz CT molecular complexity index is 199. The molecule has 0 nitrogen and oxygen atoms in total. The quantitative estimate of drug-likeness (QED) is 0.542. The molecule has 0 saturated heterocycles. The molecule has 1 aliphatic rings. The van der Waals surface area contributed by atoms with Crippen LogP contribution in [0.2, 0.25) is 0 Å². The van der Waals surface area contributed by atoms with Crippen molar-refractivity contribution in [2.45, 2.75) is 23.9 Å². The maximum Gasteiger partial charge on any atom is 0.356 e. The summed E-state index contributed by atoms with van der Waals surface area (Å²) in [4.78, 5) is 0. The third-order valence-corrected chi connectivity index (χ3v) is 1.62. The van der Waals surface area contributed by atoms with Crippen LogP contribution in [0.1, 0.15) is 0 Å². The van der Waals surface area contributed by atoms with E-state index in [1.807, 2.05) is 0 Å². The molecule has 0 aliphatic heterocycles. The van der Waals surface area contributed by atoms with Crippen LogP contribution in [0, 0.1) is 6.17 Å². The van der Waals surface area contributed by atoms with Crippen molar-refractivity contribution in [3.63, 3.8) is 0 Å². The highest BCUT2D eigenvalue weighted by molar-refractivity contribution is 5.24. The summed E-state index contributed by atoms with van der Waals surface area (Å²) in [6, 6.07) is 0. The molecule has 1 atom stereocenters. The summed E-state index contributed by atoms with van der Waals surface area (Å²) in [5.41, 5.74) is 0. The molecule has 0 aromatic carbocycles. The summed E-state index contributed by atoms with van der Waals surface area (Å²) in [5.74, 6) is -16.9. The molecule has 0 N–H and O–H groups in total. The third-order valence-electron chi connectivity index (χ3n) is 1.62. The van der Waals surface area contributed by atoms with Gasteiger partial charge in [-0.15, -0.1) is 0 Å². The van der Waals surface area contributed by atoms with Gasteiger partial charge in [-0.05, 0) is 0 Å². The van der Waals surface area contributed by atoms with Gasteiger partial charge < -0.3 is 0 Å². The van der Waals surface area contributed by atoms with Crippen molar-refractivity contribution in [2.24, 2.45) is 0 Å². The Hall–Kier alpha value is -0.560.